The van der Waals surface area contributed by atoms with Crippen molar-refractivity contribution in [3.63, 3.8) is 0 Å². The molecule has 0 spiro atoms. The van der Waals surface area contributed by atoms with Crippen LogP contribution in [-0.4, -0.2) is 30.3 Å². The van der Waals surface area contributed by atoms with Gasteiger partial charge in [0.25, 0.3) is 0 Å². The van der Waals surface area contributed by atoms with E-state index in [1.54, 1.807) is 0 Å². The number of hydrogen-bond donors (Lipinski definition) is 0. The van der Waals surface area contributed by atoms with Gasteiger partial charge in [0.1, 0.15) is 6.29 Å². The largest absolute Gasteiger partial charge is 0.302 e. The van der Waals surface area contributed by atoms with Gasteiger partial charge in [-0.05, 0) is 38.3 Å². The molecule has 2 nitrogen and oxygen atoms in total. The number of carbonyl (C=O) groups is 1. The highest BCUT2D eigenvalue weighted by Gasteiger charge is 2.32. The molecule has 1 aromatic carbocycles. The van der Waals surface area contributed by atoms with Crippen LogP contribution < -0.4 is 0 Å². The van der Waals surface area contributed by atoms with Gasteiger partial charge in [-0.2, -0.15) is 0 Å². The number of carbonyl (C=O) groups excluding carboxylic acids is 1. The Morgan fingerprint density at radius 1 is 1.32 bits per heavy atom. The van der Waals surface area contributed by atoms with E-state index in [9.17, 15) is 4.79 Å². The molecule has 0 aromatic heterocycles. The van der Waals surface area contributed by atoms with Crippen LogP contribution in [0.25, 0.3) is 0 Å². The first-order valence-corrected chi connectivity index (χ1v) is 7.45. The molecule has 1 aromatic rings. The summed E-state index contributed by atoms with van der Waals surface area (Å²) in [6.07, 6.45) is 6.19. The number of likely N-dealkylation sites (tertiary alicyclic amines) is 1. The number of rotatable bonds is 5. The minimum atomic E-state index is -0.383. The van der Waals surface area contributed by atoms with E-state index < -0.39 is 0 Å². The molecule has 0 saturated carbocycles. The summed E-state index contributed by atoms with van der Waals surface area (Å²) in [7, 11) is 0. The van der Waals surface area contributed by atoms with Crippen molar-refractivity contribution in [2.45, 2.75) is 51.0 Å². The molecule has 104 valence electrons. The standard InChI is InChI=1S/C17H25NO/c1-3-16-11-7-8-12-18(16)13-17(2,14-19)15-9-5-4-6-10-15/h4-6,9-10,14,16H,3,7-8,11-13H2,1-2H3. The van der Waals surface area contributed by atoms with Gasteiger partial charge in [0.05, 0.1) is 5.41 Å². The maximum atomic E-state index is 11.7. The smallest absolute Gasteiger partial charge is 0.131 e. The zero-order valence-electron chi connectivity index (χ0n) is 12.1. The number of hydrogen-bond acceptors (Lipinski definition) is 2. The molecule has 2 atom stereocenters. The van der Waals surface area contributed by atoms with E-state index in [1.807, 2.05) is 18.2 Å². The Hall–Kier alpha value is -1.15. The van der Waals surface area contributed by atoms with Crippen molar-refractivity contribution in [2.24, 2.45) is 0 Å². The van der Waals surface area contributed by atoms with Crippen molar-refractivity contribution in [1.29, 1.82) is 0 Å². The highest BCUT2D eigenvalue weighted by molar-refractivity contribution is 5.68. The molecule has 0 bridgehead atoms. The summed E-state index contributed by atoms with van der Waals surface area (Å²) in [6, 6.07) is 10.8. The molecule has 0 radical (unpaired) electrons. The molecule has 19 heavy (non-hydrogen) atoms. The predicted octanol–water partition coefficient (Wildman–Crippen LogP) is 3.41. The summed E-state index contributed by atoms with van der Waals surface area (Å²) in [4.78, 5) is 14.2. The second kappa shape index (κ2) is 6.33. The van der Waals surface area contributed by atoms with Crippen LogP contribution in [0.3, 0.4) is 0 Å². The van der Waals surface area contributed by atoms with E-state index in [0.717, 1.165) is 24.9 Å². The summed E-state index contributed by atoms with van der Waals surface area (Å²) in [5, 5.41) is 0. The second-order valence-electron chi connectivity index (χ2n) is 5.93. The number of aldehydes is 1. The van der Waals surface area contributed by atoms with Gasteiger partial charge >= 0.3 is 0 Å². The van der Waals surface area contributed by atoms with Crippen LogP contribution in [-0.2, 0) is 10.2 Å². The van der Waals surface area contributed by atoms with Gasteiger partial charge in [0.2, 0.25) is 0 Å². The zero-order chi connectivity index (χ0) is 13.7. The van der Waals surface area contributed by atoms with Gasteiger partial charge in [-0.3, -0.25) is 4.90 Å². The number of nitrogens with zero attached hydrogens (tertiary/aromatic N) is 1. The lowest BCUT2D eigenvalue weighted by atomic mass is 9.82. The molecule has 1 saturated heterocycles. The van der Waals surface area contributed by atoms with Gasteiger partial charge in [-0.25, -0.2) is 0 Å². The molecule has 0 amide bonds. The summed E-state index contributed by atoms with van der Waals surface area (Å²) in [5.74, 6) is 0. The second-order valence-corrected chi connectivity index (χ2v) is 5.93. The third-order valence-electron chi connectivity index (χ3n) is 4.45. The SMILES string of the molecule is CCC1CCCCN1CC(C)(C=O)c1ccccc1. The Balaban J connectivity index is 2.15. The third-order valence-corrected chi connectivity index (χ3v) is 4.45. The van der Waals surface area contributed by atoms with Crippen molar-refractivity contribution < 1.29 is 4.79 Å². The minimum absolute atomic E-state index is 0.383. The fraction of sp³-hybridized carbons (Fsp3) is 0.588. The number of piperidine rings is 1. The molecule has 2 heteroatoms. The fourth-order valence-corrected chi connectivity index (χ4v) is 3.17. The molecule has 1 aliphatic heterocycles. The molecule has 1 heterocycles. The average Bonchev–Trinajstić information content (AvgIpc) is 2.48. The summed E-state index contributed by atoms with van der Waals surface area (Å²) in [5.41, 5.74) is 0.747. The van der Waals surface area contributed by atoms with E-state index in [-0.39, 0.29) is 5.41 Å². The fourth-order valence-electron chi connectivity index (χ4n) is 3.17. The van der Waals surface area contributed by atoms with Crippen LogP contribution in [0.4, 0.5) is 0 Å². The van der Waals surface area contributed by atoms with E-state index in [1.165, 1.54) is 25.7 Å². The minimum Gasteiger partial charge on any atom is -0.302 e. The third kappa shape index (κ3) is 3.24. The van der Waals surface area contributed by atoms with Gasteiger partial charge < -0.3 is 4.79 Å². The monoisotopic (exact) mass is 259 g/mol. The Morgan fingerprint density at radius 3 is 2.68 bits per heavy atom. The predicted molar refractivity (Wildman–Crippen MR) is 79.4 cm³/mol. The number of benzene rings is 1. The van der Waals surface area contributed by atoms with Crippen LogP contribution in [0.5, 0.6) is 0 Å². The van der Waals surface area contributed by atoms with Crippen molar-refractivity contribution >= 4 is 6.29 Å². The van der Waals surface area contributed by atoms with Gasteiger partial charge in [0, 0.05) is 12.6 Å². The lowest BCUT2D eigenvalue weighted by Gasteiger charge is -2.40. The normalized spacial score (nSPS) is 23.8. The Kier molecular flexibility index (Phi) is 4.76. The maximum absolute atomic E-state index is 11.7. The first kappa shape index (κ1) is 14.3. The van der Waals surface area contributed by atoms with Crippen LogP contribution in [0.2, 0.25) is 0 Å². The molecule has 2 unspecified atom stereocenters. The summed E-state index contributed by atoms with van der Waals surface area (Å²) in [6.45, 7) is 6.30. The first-order chi connectivity index (χ1) is 9.19. The maximum Gasteiger partial charge on any atom is 0.131 e. The van der Waals surface area contributed by atoms with Crippen LogP contribution in [0.1, 0.15) is 45.1 Å². The molecule has 1 aliphatic rings. The quantitative estimate of drug-likeness (QED) is 0.755. The van der Waals surface area contributed by atoms with E-state index in [0.29, 0.717) is 6.04 Å². The average molecular weight is 259 g/mol. The highest BCUT2D eigenvalue weighted by Crippen LogP contribution is 2.27. The van der Waals surface area contributed by atoms with Crippen molar-refractivity contribution in [2.75, 3.05) is 13.1 Å². The lowest BCUT2D eigenvalue weighted by Crippen LogP contribution is -2.47. The van der Waals surface area contributed by atoms with Crippen LogP contribution in [0.15, 0.2) is 30.3 Å². The topological polar surface area (TPSA) is 20.3 Å². The van der Waals surface area contributed by atoms with Crippen LogP contribution in [0, 0.1) is 0 Å². The Bertz CT molecular complexity index is 403. The molecule has 0 aliphatic carbocycles. The Morgan fingerprint density at radius 2 is 2.05 bits per heavy atom. The van der Waals surface area contributed by atoms with E-state index >= 15 is 0 Å². The molecular formula is C17H25NO. The summed E-state index contributed by atoms with van der Waals surface area (Å²) >= 11 is 0. The zero-order valence-corrected chi connectivity index (χ0v) is 12.1. The van der Waals surface area contributed by atoms with Crippen molar-refractivity contribution in [3.05, 3.63) is 35.9 Å². The van der Waals surface area contributed by atoms with Crippen molar-refractivity contribution in [3.8, 4) is 0 Å². The lowest BCUT2D eigenvalue weighted by molar-refractivity contribution is -0.113. The molecular weight excluding hydrogens is 234 g/mol. The van der Waals surface area contributed by atoms with Crippen molar-refractivity contribution in [1.82, 2.24) is 4.90 Å². The Labute approximate surface area is 116 Å². The van der Waals surface area contributed by atoms with Gasteiger partial charge in [0.15, 0.2) is 0 Å². The summed E-state index contributed by atoms with van der Waals surface area (Å²) < 4.78 is 0. The molecule has 1 fully saturated rings. The van der Waals surface area contributed by atoms with E-state index in [4.69, 9.17) is 0 Å². The van der Waals surface area contributed by atoms with Crippen LogP contribution >= 0.6 is 0 Å². The highest BCUT2D eigenvalue weighted by atomic mass is 16.1. The first-order valence-electron chi connectivity index (χ1n) is 7.45. The molecule has 0 N–H and O–H groups in total. The van der Waals surface area contributed by atoms with Gasteiger partial charge in [-0.15, -0.1) is 0 Å². The van der Waals surface area contributed by atoms with Gasteiger partial charge in [-0.1, -0.05) is 43.7 Å². The molecule has 2 rings (SSSR count). The van der Waals surface area contributed by atoms with E-state index in [2.05, 4.69) is 30.9 Å².